The number of fused-ring (bicyclic) bond motifs is 1. The summed E-state index contributed by atoms with van der Waals surface area (Å²) in [5.41, 5.74) is 1.70. The van der Waals surface area contributed by atoms with Crippen molar-refractivity contribution in [3.63, 3.8) is 0 Å². The average Bonchev–Trinajstić information content (AvgIpc) is 3.16. The number of hydrogen-bond donors (Lipinski definition) is 1. The molecule has 4 rings (SSSR count). The first kappa shape index (κ1) is 17.6. The Morgan fingerprint density at radius 2 is 1.74 bits per heavy atom. The Morgan fingerprint density at radius 3 is 2.48 bits per heavy atom. The minimum absolute atomic E-state index is 0.0518. The maximum absolute atomic E-state index is 13.1. The summed E-state index contributed by atoms with van der Waals surface area (Å²) in [6.07, 6.45) is 0. The molecule has 1 amide bonds. The lowest BCUT2D eigenvalue weighted by Crippen LogP contribution is -2.52. The molecule has 0 unspecified atom stereocenters. The minimum Gasteiger partial charge on any atom is -0.454 e. The standard InChI is InChI=1S/C20H22FN3O3/c1-14(20(25)22-16-4-7-18-19(12-16)27-13-26-18)23-8-10-24(11-9-23)17-5-2-15(21)3-6-17/h2-7,12,14H,8-11,13H2,1H3,(H,22,25)/t14-/m0/s1. The lowest BCUT2D eigenvalue weighted by molar-refractivity contribution is -0.120. The van der Waals surface area contributed by atoms with Gasteiger partial charge in [-0.1, -0.05) is 0 Å². The molecule has 7 heteroatoms. The third kappa shape index (κ3) is 3.83. The molecule has 0 bridgehead atoms. The number of nitrogens with zero attached hydrogens (tertiary/aromatic N) is 2. The van der Waals surface area contributed by atoms with E-state index in [4.69, 9.17) is 9.47 Å². The summed E-state index contributed by atoms with van der Waals surface area (Å²) in [6, 6.07) is 11.7. The van der Waals surface area contributed by atoms with Crippen LogP contribution in [0.5, 0.6) is 11.5 Å². The molecule has 1 saturated heterocycles. The smallest absolute Gasteiger partial charge is 0.241 e. The van der Waals surface area contributed by atoms with Crippen LogP contribution in [0.2, 0.25) is 0 Å². The predicted molar refractivity (Wildman–Crippen MR) is 101 cm³/mol. The summed E-state index contributed by atoms with van der Waals surface area (Å²) in [6.45, 7) is 5.26. The summed E-state index contributed by atoms with van der Waals surface area (Å²) >= 11 is 0. The Morgan fingerprint density at radius 1 is 1.04 bits per heavy atom. The average molecular weight is 371 g/mol. The van der Waals surface area contributed by atoms with Gasteiger partial charge in [0.1, 0.15) is 5.82 Å². The molecule has 2 aliphatic rings. The highest BCUT2D eigenvalue weighted by Crippen LogP contribution is 2.34. The number of benzene rings is 2. The number of carbonyl (C=O) groups is 1. The number of amides is 1. The van der Waals surface area contributed by atoms with Gasteiger partial charge in [-0.15, -0.1) is 0 Å². The van der Waals surface area contributed by atoms with Gasteiger partial charge in [0.25, 0.3) is 0 Å². The van der Waals surface area contributed by atoms with Crippen LogP contribution < -0.4 is 19.7 Å². The van der Waals surface area contributed by atoms with E-state index in [1.54, 1.807) is 24.3 Å². The molecule has 0 saturated carbocycles. The van der Waals surface area contributed by atoms with E-state index < -0.39 is 0 Å². The summed E-state index contributed by atoms with van der Waals surface area (Å²) in [5.74, 6) is 1.06. The summed E-state index contributed by atoms with van der Waals surface area (Å²) < 4.78 is 23.7. The van der Waals surface area contributed by atoms with Crippen LogP contribution in [0.3, 0.4) is 0 Å². The zero-order valence-electron chi connectivity index (χ0n) is 15.2. The minimum atomic E-state index is -0.245. The van der Waals surface area contributed by atoms with Crippen molar-refractivity contribution in [1.82, 2.24) is 4.90 Å². The first-order valence-corrected chi connectivity index (χ1v) is 9.05. The van der Waals surface area contributed by atoms with Gasteiger partial charge in [-0.25, -0.2) is 4.39 Å². The lowest BCUT2D eigenvalue weighted by atomic mass is 10.2. The van der Waals surface area contributed by atoms with Crippen LogP contribution in [-0.2, 0) is 4.79 Å². The topological polar surface area (TPSA) is 54.0 Å². The molecule has 142 valence electrons. The molecule has 2 aliphatic heterocycles. The first-order valence-electron chi connectivity index (χ1n) is 9.05. The van der Waals surface area contributed by atoms with Gasteiger partial charge >= 0.3 is 0 Å². The maximum atomic E-state index is 13.1. The van der Waals surface area contributed by atoms with E-state index in [0.717, 1.165) is 31.9 Å². The Labute approximate surface area is 157 Å². The van der Waals surface area contributed by atoms with Gasteiger partial charge in [0.2, 0.25) is 12.7 Å². The fraction of sp³-hybridized carbons (Fsp3) is 0.350. The molecule has 2 aromatic rings. The molecule has 6 nitrogen and oxygen atoms in total. The summed E-state index contributed by atoms with van der Waals surface area (Å²) in [5, 5.41) is 2.95. The molecule has 0 aliphatic carbocycles. The number of nitrogens with one attached hydrogen (secondary N) is 1. The second kappa shape index (κ2) is 7.44. The molecule has 0 radical (unpaired) electrons. The molecule has 0 spiro atoms. The van der Waals surface area contributed by atoms with E-state index in [1.165, 1.54) is 12.1 Å². The largest absolute Gasteiger partial charge is 0.454 e. The fourth-order valence-electron chi connectivity index (χ4n) is 3.41. The van der Waals surface area contributed by atoms with Crippen molar-refractivity contribution < 1.29 is 18.7 Å². The monoisotopic (exact) mass is 371 g/mol. The van der Waals surface area contributed by atoms with Crippen molar-refractivity contribution in [2.75, 3.05) is 43.2 Å². The van der Waals surface area contributed by atoms with Crippen LogP contribution in [0.15, 0.2) is 42.5 Å². The quantitative estimate of drug-likeness (QED) is 0.896. The zero-order chi connectivity index (χ0) is 18.8. The maximum Gasteiger partial charge on any atom is 0.241 e. The Balaban J connectivity index is 1.32. The van der Waals surface area contributed by atoms with Crippen molar-refractivity contribution in [3.8, 4) is 11.5 Å². The van der Waals surface area contributed by atoms with Crippen LogP contribution in [0.1, 0.15) is 6.92 Å². The van der Waals surface area contributed by atoms with Gasteiger partial charge in [-0.05, 0) is 43.3 Å². The summed E-state index contributed by atoms with van der Waals surface area (Å²) in [7, 11) is 0. The van der Waals surface area contributed by atoms with E-state index in [0.29, 0.717) is 17.2 Å². The van der Waals surface area contributed by atoms with Crippen molar-refractivity contribution in [2.45, 2.75) is 13.0 Å². The highest BCUT2D eigenvalue weighted by Gasteiger charge is 2.26. The van der Waals surface area contributed by atoms with E-state index >= 15 is 0 Å². The van der Waals surface area contributed by atoms with E-state index in [2.05, 4.69) is 15.1 Å². The van der Waals surface area contributed by atoms with Gasteiger partial charge in [-0.3, -0.25) is 9.69 Å². The first-order chi connectivity index (χ1) is 13.1. The van der Waals surface area contributed by atoms with Gasteiger partial charge in [0, 0.05) is 43.6 Å². The van der Waals surface area contributed by atoms with Crippen molar-refractivity contribution in [3.05, 3.63) is 48.3 Å². The number of anilines is 2. The molecule has 27 heavy (non-hydrogen) atoms. The normalized spacial score (nSPS) is 17.6. The number of rotatable bonds is 4. The lowest BCUT2D eigenvalue weighted by Gasteiger charge is -2.38. The Hall–Kier alpha value is -2.80. The molecule has 2 aromatic carbocycles. The fourth-order valence-corrected chi connectivity index (χ4v) is 3.41. The van der Waals surface area contributed by atoms with Crippen LogP contribution in [-0.4, -0.2) is 49.8 Å². The van der Waals surface area contributed by atoms with Gasteiger partial charge < -0.3 is 19.7 Å². The number of carbonyl (C=O) groups excluding carboxylic acids is 1. The van der Waals surface area contributed by atoms with Crippen LogP contribution in [0, 0.1) is 5.82 Å². The number of halogens is 1. The summed E-state index contributed by atoms with van der Waals surface area (Å²) in [4.78, 5) is 17.0. The second-order valence-electron chi connectivity index (χ2n) is 6.73. The predicted octanol–water partition coefficient (Wildman–Crippen LogP) is 2.70. The van der Waals surface area contributed by atoms with Gasteiger partial charge in [0.05, 0.1) is 6.04 Å². The molecule has 2 heterocycles. The Kier molecular flexibility index (Phi) is 4.85. The molecule has 1 N–H and O–H groups in total. The number of hydrogen-bond acceptors (Lipinski definition) is 5. The van der Waals surface area contributed by atoms with Gasteiger partial charge in [-0.2, -0.15) is 0 Å². The Bertz CT molecular complexity index is 820. The van der Waals surface area contributed by atoms with E-state index in [-0.39, 0.29) is 24.6 Å². The van der Waals surface area contributed by atoms with Crippen LogP contribution >= 0.6 is 0 Å². The number of piperazine rings is 1. The molecule has 1 fully saturated rings. The van der Waals surface area contributed by atoms with Crippen molar-refractivity contribution >= 4 is 17.3 Å². The molecular weight excluding hydrogens is 349 g/mol. The zero-order valence-corrected chi connectivity index (χ0v) is 15.2. The highest BCUT2D eigenvalue weighted by atomic mass is 19.1. The van der Waals surface area contributed by atoms with E-state index in [1.807, 2.05) is 13.0 Å². The van der Waals surface area contributed by atoms with Crippen molar-refractivity contribution in [1.29, 1.82) is 0 Å². The van der Waals surface area contributed by atoms with Crippen LogP contribution in [0.4, 0.5) is 15.8 Å². The highest BCUT2D eigenvalue weighted by molar-refractivity contribution is 5.94. The van der Waals surface area contributed by atoms with Crippen molar-refractivity contribution in [2.24, 2.45) is 0 Å². The van der Waals surface area contributed by atoms with Crippen LogP contribution in [0.25, 0.3) is 0 Å². The SMILES string of the molecule is C[C@@H](C(=O)Nc1ccc2c(c1)OCO2)N1CCN(c2ccc(F)cc2)CC1. The molecule has 0 aromatic heterocycles. The third-order valence-corrected chi connectivity index (χ3v) is 5.07. The third-order valence-electron chi connectivity index (χ3n) is 5.07. The number of ether oxygens (including phenoxy) is 2. The van der Waals surface area contributed by atoms with Gasteiger partial charge in [0.15, 0.2) is 11.5 Å². The molecular formula is C20H22FN3O3. The second-order valence-corrected chi connectivity index (χ2v) is 6.73. The van der Waals surface area contributed by atoms with E-state index in [9.17, 15) is 9.18 Å². The molecule has 1 atom stereocenters.